The summed E-state index contributed by atoms with van der Waals surface area (Å²) >= 11 is 0. The van der Waals surface area contributed by atoms with Gasteiger partial charge in [0.2, 0.25) is 5.91 Å². The van der Waals surface area contributed by atoms with Gasteiger partial charge in [0.05, 0.1) is 29.0 Å². The van der Waals surface area contributed by atoms with E-state index < -0.39 is 0 Å². The van der Waals surface area contributed by atoms with Crippen LogP contribution in [0.1, 0.15) is 37.7 Å². The van der Waals surface area contributed by atoms with Gasteiger partial charge in [-0.2, -0.15) is 10.4 Å². The standard InChI is InChI=1S/C17H21N7O2/c18-8-7-15(25)21-12-4-1-2-5-13(12)22-16-11(17(19)23-26)10-20-24-9-3-6-14(16)24/h3,6,9-10,12-13,22,26H,1-2,4-5,7H2,(H2,19,23)(H,21,25)/t12-,13-/m0/s1. The lowest BCUT2D eigenvalue weighted by atomic mass is 9.89. The molecule has 26 heavy (non-hydrogen) atoms. The number of anilines is 1. The fourth-order valence-corrected chi connectivity index (χ4v) is 3.38. The fraction of sp³-hybridized carbons (Fsp3) is 0.412. The summed E-state index contributed by atoms with van der Waals surface area (Å²) in [4.78, 5) is 11.9. The molecule has 2 aromatic rings. The molecule has 2 heterocycles. The van der Waals surface area contributed by atoms with Gasteiger partial charge in [-0.3, -0.25) is 4.79 Å². The van der Waals surface area contributed by atoms with Crippen molar-refractivity contribution in [3.05, 3.63) is 30.1 Å². The van der Waals surface area contributed by atoms with E-state index in [1.807, 2.05) is 24.4 Å². The summed E-state index contributed by atoms with van der Waals surface area (Å²) in [5.74, 6) is -0.310. The van der Waals surface area contributed by atoms with Crippen LogP contribution < -0.4 is 16.4 Å². The molecule has 2 aromatic heterocycles. The number of hydrogen-bond donors (Lipinski definition) is 4. The summed E-state index contributed by atoms with van der Waals surface area (Å²) in [5, 5.41) is 31.5. The third-order valence-electron chi connectivity index (χ3n) is 4.63. The number of aromatic nitrogens is 2. The molecule has 1 aliphatic carbocycles. The Bertz CT molecular complexity index is 868. The summed E-state index contributed by atoms with van der Waals surface area (Å²) in [6.07, 6.45) is 6.93. The Labute approximate surface area is 150 Å². The van der Waals surface area contributed by atoms with Crippen molar-refractivity contribution in [1.29, 1.82) is 5.26 Å². The molecule has 0 unspecified atom stereocenters. The number of carbonyl (C=O) groups excluding carboxylic acids is 1. The Balaban J connectivity index is 1.91. The Morgan fingerprint density at radius 2 is 2.23 bits per heavy atom. The SMILES string of the molecule is N#CCC(=O)N[C@H]1CCCC[C@@H]1Nc1c(C(N)=NO)cnn2cccc12. The lowest BCUT2D eigenvalue weighted by Crippen LogP contribution is -2.48. The molecule has 1 saturated carbocycles. The van der Waals surface area contributed by atoms with E-state index in [0.717, 1.165) is 31.2 Å². The zero-order valence-electron chi connectivity index (χ0n) is 14.2. The number of carbonyl (C=O) groups is 1. The van der Waals surface area contributed by atoms with Crippen molar-refractivity contribution in [2.24, 2.45) is 10.9 Å². The zero-order chi connectivity index (χ0) is 18.5. The third-order valence-corrected chi connectivity index (χ3v) is 4.63. The molecule has 5 N–H and O–H groups in total. The number of nitrogens with one attached hydrogen (secondary N) is 2. The maximum atomic E-state index is 11.9. The first kappa shape index (κ1) is 17.5. The third kappa shape index (κ3) is 3.54. The fourth-order valence-electron chi connectivity index (χ4n) is 3.38. The molecule has 1 amide bonds. The second-order valence-electron chi connectivity index (χ2n) is 6.30. The van der Waals surface area contributed by atoms with Crippen LogP contribution in [-0.2, 0) is 4.79 Å². The van der Waals surface area contributed by atoms with Gasteiger partial charge in [-0.05, 0) is 25.0 Å². The quantitative estimate of drug-likeness (QED) is 0.275. The average Bonchev–Trinajstić information content (AvgIpc) is 3.12. The van der Waals surface area contributed by atoms with Gasteiger partial charge in [-0.25, -0.2) is 4.52 Å². The highest BCUT2D eigenvalue weighted by atomic mass is 16.4. The van der Waals surface area contributed by atoms with Crippen LogP contribution in [0.5, 0.6) is 0 Å². The molecule has 0 bridgehead atoms. The summed E-state index contributed by atoms with van der Waals surface area (Å²) in [5.41, 5.74) is 7.81. The van der Waals surface area contributed by atoms with Gasteiger partial charge >= 0.3 is 0 Å². The lowest BCUT2D eigenvalue weighted by molar-refractivity contribution is -0.121. The molecule has 0 radical (unpaired) electrons. The van der Waals surface area contributed by atoms with Gasteiger partial charge in [0.1, 0.15) is 6.42 Å². The van der Waals surface area contributed by atoms with Crippen molar-refractivity contribution in [2.75, 3.05) is 5.32 Å². The van der Waals surface area contributed by atoms with E-state index in [0.29, 0.717) is 11.3 Å². The molecular formula is C17H21N7O2. The monoisotopic (exact) mass is 355 g/mol. The van der Waals surface area contributed by atoms with E-state index in [9.17, 15) is 4.79 Å². The molecule has 0 saturated heterocycles. The highest BCUT2D eigenvalue weighted by Crippen LogP contribution is 2.27. The van der Waals surface area contributed by atoms with Gasteiger partial charge in [0.15, 0.2) is 5.84 Å². The minimum absolute atomic E-state index is 0.0299. The Hall–Kier alpha value is -3.28. The van der Waals surface area contributed by atoms with E-state index in [-0.39, 0.29) is 30.2 Å². The lowest BCUT2D eigenvalue weighted by Gasteiger charge is -2.34. The van der Waals surface area contributed by atoms with Crippen LogP contribution in [-0.4, -0.2) is 38.6 Å². The minimum Gasteiger partial charge on any atom is -0.409 e. The van der Waals surface area contributed by atoms with Crippen LogP contribution in [0.2, 0.25) is 0 Å². The maximum absolute atomic E-state index is 11.9. The summed E-state index contributed by atoms with van der Waals surface area (Å²) in [6, 6.07) is 5.49. The smallest absolute Gasteiger partial charge is 0.234 e. The van der Waals surface area contributed by atoms with Gasteiger partial charge in [0, 0.05) is 18.3 Å². The van der Waals surface area contributed by atoms with Crippen molar-refractivity contribution >= 4 is 22.9 Å². The second-order valence-corrected chi connectivity index (χ2v) is 6.30. The largest absolute Gasteiger partial charge is 0.409 e. The molecule has 1 fully saturated rings. The predicted octanol–water partition coefficient (Wildman–Crippen LogP) is 1.18. The van der Waals surface area contributed by atoms with Crippen LogP contribution in [0.15, 0.2) is 29.7 Å². The molecule has 0 spiro atoms. The van der Waals surface area contributed by atoms with Crippen LogP contribution in [0.3, 0.4) is 0 Å². The Morgan fingerprint density at radius 1 is 1.46 bits per heavy atom. The molecule has 3 rings (SSSR count). The zero-order valence-corrected chi connectivity index (χ0v) is 14.2. The molecule has 1 aliphatic rings. The number of oxime groups is 1. The van der Waals surface area contributed by atoms with Gasteiger partial charge < -0.3 is 21.6 Å². The molecule has 136 valence electrons. The number of nitriles is 1. The van der Waals surface area contributed by atoms with E-state index >= 15 is 0 Å². The number of hydrogen-bond acceptors (Lipinski definition) is 6. The average molecular weight is 355 g/mol. The Kier molecular flexibility index (Phi) is 5.22. The first-order valence-corrected chi connectivity index (χ1v) is 8.51. The number of nitrogens with zero attached hydrogens (tertiary/aromatic N) is 4. The van der Waals surface area contributed by atoms with Crippen molar-refractivity contribution in [2.45, 2.75) is 44.2 Å². The van der Waals surface area contributed by atoms with Gasteiger partial charge in [-0.1, -0.05) is 18.0 Å². The summed E-state index contributed by atoms with van der Waals surface area (Å²) in [6.45, 7) is 0. The first-order valence-electron chi connectivity index (χ1n) is 8.51. The normalized spacial score (nSPS) is 20.5. The molecule has 0 aromatic carbocycles. The van der Waals surface area contributed by atoms with Crippen molar-refractivity contribution in [1.82, 2.24) is 14.9 Å². The molecule has 9 heteroatoms. The molecule has 2 atom stereocenters. The number of rotatable bonds is 5. The van der Waals surface area contributed by atoms with Gasteiger partial charge in [-0.15, -0.1) is 0 Å². The summed E-state index contributed by atoms with van der Waals surface area (Å²) < 4.78 is 1.70. The highest BCUT2D eigenvalue weighted by molar-refractivity contribution is 6.04. The van der Waals surface area contributed by atoms with E-state index in [1.165, 1.54) is 6.20 Å². The van der Waals surface area contributed by atoms with Crippen LogP contribution in [0.25, 0.3) is 5.52 Å². The predicted molar refractivity (Wildman–Crippen MR) is 95.7 cm³/mol. The molecular weight excluding hydrogens is 334 g/mol. The van der Waals surface area contributed by atoms with Crippen molar-refractivity contribution in [3.8, 4) is 6.07 Å². The van der Waals surface area contributed by atoms with Crippen molar-refractivity contribution in [3.63, 3.8) is 0 Å². The first-order chi connectivity index (χ1) is 12.6. The number of amides is 1. The maximum Gasteiger partial charge on any atom is 0.234 e. The van der Waals surface area contributed by atoms with Gasteiger partial charge in [0.25, 0.3) is 0 Å². The topological polar surface area (TPSA) is 141 Å². The molecule has 9 nitrogen and oxygen atoms in total. The number of amidine groups is 1. The second kappa shape index (κ2) is 7.74. The van der Waals surface area contributed by atoms with Crippen LogP contribution in [0.4, 0.5) is 5.69 Å². The Morgan fingerprint density at radius 3 is 2.96 bits per heavy atom. The van der Waals surface area contributed by atoms with E-state index in [1.54, 1.807) is 4.52 Å². The molecule has 0 aliphatic heterocycles. The number of fused-ring (bicyclic) bond motifs is 1. The number of nitrogens with two attached hydrogens (primary N) is 1. The minimum atomic E-state index is -0.273. The van der Waals surface area contributed by atoms with Crippen LogP contribution in [0, 0.1) is 11.3 Å². The van der Waals surface area contributed by atoms with Crippen LogP contribution >= 0.6 is 0 Å². The van der Waals surface area contributed by atoms with Crippen molar-refractivity contribution < 1.29 is 10.0 Å². The highest BCUT2D eigenvalue weighted by Gasteiger charge is 2.28. The van der Waals surface area contributed by atoms with E-state index in [4.69, 9.17) is 16.2 Å². The van der Waals surface area contributed by atoms with E-state index in [2.05, 4.69) is 20.9 Å². The summed E-state index contributed by atoms with van der Waals surface area (Å²) in [7, 11) is 0.